The van der Waals surface area contributed by atoms with Crippen LogP contribution in [0.5, 0.6) is 0 Å². The molecule has 1 amide bonds. The van der Waals surface area contributed by atoms with Gasteiger partial charge in [0.25, 0.3) is 0 Å². The number of amides is 1. The van der Waals surface area contributed by atoms with Crippen LogP contribution in [0.4, 0.5) is 5.00 Å². The Bertz CT molecular complexity index is 511. The van der Waals surface area contributed by atoms with Crippen LogP contribution in [0.1, 0.15) is 43.5 Å². The van der Waals surface area contributed by atoms with Crippen LogP contribution in [0, 0.1) is 5.92 Å². The highest BCUT2D eigenvalue weighted by atomic mass is 32.1. The van der Waals surface area contributed by atoms with Gasteiger partial charge in [-0.2, -0.15) is 0 Å². The fraction of sp³-hybridized carbons (Fsp3) is 0.625. The van der Waals surface area contributed by atoms with E-state index in [0.717, 1.165) is 25.4 Å². The average molecular weight is 324 g/mol. The third kappa shape index (κ3) is 5.10. The highest BCUT2D eigenvalue weighted by Crippen LogP contribution is 2.30. The predicted molar refractivity (Wildman–Crippen MR) is 88.4 cm³/mol. The van der Waals surface area contributed by atoms with E-state index in [1.54, 1.807) is 18.4 Å². The first kappa shape index (κ1) is 17.0. The van der Waals surface area contributed by atoms with Gasteiger partial charge < -0.3 is 10.1 Å². The Hall–Kier alpha value is -1.40. The number of esters is 1. The van der Waals surface area contributed by atoms with Crippen molar-refractivity contribution in [1.29, 1.82) is 0 Å². The molecule has 0 aromatic carbocycles. The van der Waals surface area contributed by atoms with Crippen molar-refractivity contribution in [3.63, 3.8) is 0 Å². The van der Waals surface area contributed by atoms with Crippen molar-refractivity contribution < 1.29 is 14.3 Å². The van der Waals surface area contributed by atoms with E-state index in [2.05, 4.69) is 17.1 Å². The summed E-state index contributed by atoms with van der Waals surface area (Å²) >= 11 is 1.35. The smallest absolute Gasteiger partial charge is 0.341 e. The van der Waals surface area contributed by atoms with Crippen LogP contribution in [-0.4, -0.2) is 43.0 Å². The third-order valence-corrected chi connectivity index (χ3v) is 4.36. The van der Waals surface area contributed by atoms with Crippen molar-refractivity contribution in [3.05, 3.63) is 17.0 Å². The fourth-order valence-electron chi connectivity index (χ4n) is 2.36. The van der Waals surface area contributed by atoms with Gasteiger partial charge in [0.1, 0.15) is 5.00 Å². The molecule has 6 heteroatoms. The lowest BCUT2D eigenvalue weighted by molar-refractivity contribution is -0.117. The number of carbonyl (C=O) groups excluding carboxylic acids is 2. The van der Waals surface area contributed by atoms with Crippen LogP contribution < -0.4 is 5.32 Å². The van der Waals surface area contributed by atoms with Crippen molar-refractivity contribution in [2.24, 2.45) is 5.92 Å². The first-order valence-corrected chi connectivity index (χ1v) is 8.78. The molecule has 0 atom stereocenters. The van der Waals surface area contributed by atoms with Crippen molar-refractivity contribution in [3.8, 4) is 0 Å². The van der Waals surface area contributed by atoms with Crippen LogP contribution >= 0.6 is 11.3 Å². The zero-order chi connectivity index (χ0) is 15.9. The van der Waals surface area contributed by atoms with E-state index in [9.17, 15) is 9.59 Å². The summed E-state index contributed by atoms with van der Waals surface area (Å²) in [6.45, 7) is 6.52. The molecule has 1 aromatic rings. The number of hydrogen-bond donors (Lipinski definition) is 1. The molecule has 0 spiro atoms. The summed E-state index contributed by atoms with van der Waals surface area (Å²) in [5.41, 5.74) is 0.435. The van der Waals surface area contributed by atoms with Crippen molar-refractivity contribution in [2.45, 2.75) is 33.1 Å². The maximum atomic E-state index is 12.2. The van der Waals surface area contributed by atoms with Crippen molar-refractivity contribution in [1.82, 2.24) is 4.90 Å². The number of carbonyl (C=O) groups is 2. The summed E-state index contributed by atoms with van der Waals surface area (Å²) in [7, 11) is 0. The molecule has 1 saturated carbocycles. The minimum Gasteiger partial charge on any atom is -0.462 e. The first-order valence-electron chi connectivity index (χ1n) is 7.90. The van der Waals surface area contributed by atoms with Gasteiger partial charge in [-0.1, -0.05) is 6.92 Å². The van der Waals surface area contributed by atoms with Crippen LogP contribution in [0.15, 0.2) is 11.4 Å². The molecule has 1 aromatic heterocycles. The van der Waals surface area contributed by atoms with E-state index in [0.29, 0.717) is 23.7 Å². The highest BCUT2D eigenvalue weighted by Gasteiger charge is 2.25. The topological polar surface area (TPSA) is 58.6 Å². The quantitative estimate of drug-likeness (QED) is 0.710. The third-order valence-electron chi connectivity index (χ3n) is 3.53. The molecule has 122 valence electrons. The van der Waals surface area contributed by atoms with Crippen LogP contribution in [0.25, 0.3) is 0 Å². The highest BCUT2D eigenvalue weighted by molar-refractivity contribution is 7.14. The Morgan fingerprint density at radius 3 is 2.82 bits per heavy atom. The van der Waals surface area contributed by atoms with E-state index < -0.39 is 0 Å². The van der Waals surface area contributed by atoms with Gasteiger partial charge in [0.2, 0.25) is 5.91 Å². The summed E-state index contributed by atoms with van der Waals surface area (Å²) in [5, 5.41) is 5.21. The molecular formula is C16H24N2O3S. The number of rotatable bonds is 9. The number of hydrogen-bond acceptors (Lipinski definition) is 5. The SMILES string of the molecule is CCCN(CC(=O)Nc1sccc1C(=O)OCC)CC1CC1. The van der Waals surface area contributed by atoms with Gasteiger partial charge in [0, 0.05) is 6.54 Å². The Morgan fingerprint density at radius 2 is 2.18 bits per heavy atom. The van der Waals surface area contributed by atoms with Gasteiger partial charge in [-0.15, -0.1) is 11.3 Å². The van der Waals surface area contributed by atoms with E-state index >= 15 is 0 Å². The summed E-state index contributed by atoms with van der Waals surface area (Å²) in [6, 6.07) is 1.69. The monoisotopic (exact) mass is 324 g/mol. The minimum atomic E-state index is -0.387. The van der Waals surface area contributed by atoms with E-state index in [-0.39, 0.29) is 11.9 Å². The van der Waals surface area contributed by atoms with Crippen LogP contribution in [-0.2, 0) is 9.53 Å². The number of ether oxygens (including phenoxy) is 1. The lowest BCUT2D eigenvalue weighted by Crippen LogP contribution is -2.35. The van der Waals surface area contributed by atoms with E-state index in [4.69, 9.17) is 4.74 Å². The maximum absolute atomic E-state index is 12.2. The Labute approximate surface area is 135 Å². The molecule has 22 heavy (non-hydrogen) atoms. The zero-order valence-electron chi connectivity index (χ0n) is 13.3. The van der Waals surface area contributed by atoms with Crippen molar-refractivity contribution in [2.75, 3.05) is 31.6 Å². The summed E-state index contributed by atoms with van der Waals surface area (Å²) < 4.78 is 5.00. The van der Waals surface area contributed by atoms with Crippen LogP contribution in [0.3, 0.4) is 0 Å². The van der Waals surface area contributed by atoms with Gasteiger partial charge in [0.05, 0.1) is 18.7 Å². The molecule has 0 aliphatic heterocycles. The van der Waals surface area contributed by atoms with Gasteiger partial charge >= 0.3 is 5.97 Å². The molecule has 1 aliphatic rings. The molecule has 1 N–H and O–H groups in total. The lowest BCUT2D eigenvalue weighted by atomic mass is 10.3. The number of nitrogens with zero attached hydrogens (tertiary/aromatic N) is 1. The second kappa shape index (κ2) is 8.29. The minimum absolute atomic E-state index is 0.0675. The van der Waals surface area contributed by atoms with E-state index in [1.165, 1.54) is 24.2 Å². The molecule has 0 unspecified atom stereocenters. The van der Waals surface area contributed by atoms with Gasteiger partial charge in [-0.25, -0.2) is 4.79 Å². The fourth-order valence-corrected chi connectivity index (χ4v) is 3.15. The van der Waals surface area contributed by atoms with Gasteiger partial charge in [0.15, 0.2) is 0 Å². The molecule has 5 nitrogen and oxygen atoms in total. The first-order chi connectivity index (χ1) is 10.6. The summed E-state index contributed by atoms with van der Waals surface area (Å²) in [6.07, 6.45) is 3.59. The van der Waals surface area contributed by atoms with E-state index in [1.807, 2.05) is 0 Å². The molecule has 1 fully saturated rings. The molecule has 0 saturated heterocycles. The largest absolute Gasteiger partial charge is 0.462 e. The maximum Gasteiger partial charge on any atom is 0.341 e. The molecule has 0 bridgehead atoms. The second-order valence-electron chi connectivity index (χ2n) is 5.61. The van der Waals surface area contributed by atoms with Crippen molar-refractivity contribution >= 4 is 28.2 Å². The second-order valence-corrected chi connectivity index (χ2v) is 6.53. The summed E-state index contributed by atoms with van der Waals surface area (Å²) in [4.78, 5) is 26.2. The summed E-state index contributed by atoms with van der Waals surface area (Å²) in [5.74, 6) is 0.306. The predicted octanol–water partition coefficient (Wildman–Crippen LogP) is 2.99. The lowest BCUT2D eigenvalue weighted by Gasteiger charge is -2.20. The molecule has 0 radical (unpaired) electrons. The normalized spacial score (nSPS) is 14.1. The standard InChI is InChI=1S/C16H24N2O3S/c1-3-8-18(10-12-5-6-12)11-14(19)17-15-13(7-9-22-15)16(20)21-4-2/h7,9,12H,3-6,8,10-11H2,1-2H3,(H,17,19). The molecule has 1 heterocycles. The Kier molecular flexibility index (Phi) is 6.39. The number of nitrogens with one attached hydrogen (secondary N) is 1. The zero-order valence-corrected chi connectivity index (χ0v) is 14.1. The van der Waals surface area contributed by atoms with Crippen LogP contribution in [0.2, 0.25) is 0 Å². The Balaban J connectivity index is 1.90. The van der Waals surface area contributed by atoms with Gasteiger partial charge in [-0.3, -0.25) is 9.69 Å². The number of thiophene rings is 1. The average Bonchev–Trinajstić information content (AvgIpc) is 3.15. The molecular weight excluding hydrogens is 300 g/mol. The Morgan fingerprint density at radius 1 is 1.41 bits per heavy atom. The molecule has 1 aliphatic carbocycles. The van der Waals surface area contributed by atoms with Gasteiger partial charge in [-0.05, 0) is 50.1 Å². The number of anilines is 1. The molecule has 2 rings (SSSR count).